The Kier molecular flexibility index (Phi) is 4.58. The van der Waals surface area contributed by atoms with Crippen LogP contribution >= 0.6 is 0 Å². The molecule has 0 saturated heterocycles. The molecule has 0 bridgehead atoms. The Hall–Kier alpha value is -0.570. The summed E-state index contributed by atoms with van der Waals surface area (Å²) >= 11 is 0. The van der Waals surface area contributed by atoms with Crippen molar-refractivity contribution in [1.82, 2.24) is 4.90 Å². The molecule has 0 aromatic rings. The second-order valence-electron chi connectivity index (χ2n) is 4.91. The lowest BCUT2D eigenvalue weighted by atomic mass is 10.1. The van der Waals surface area contributed by atoms with Crippen molar-refractivity contribution in [3.63, 3.8) is 0 Å². The number of nitrogens with zero attached hydrogens (tertiary/aromatic N) is 1. The normalized spacial score (nSPS) is 18.5. The fraction of sp³-hybridized carbons (Fsp3) is 0.917. The lowest BCUT2D eigenvalue weighted by Crippen LogP contribution is -2.43. The molecule has 0 aromatic carbocycles. The Balaban J connectivity index is 2.51. The lowest BCUT2D eigenvalue weighted by Gasteiger charge is -2.28. The fourth-order valence-corrected chi connectivity index (χ4v) is 1.96. The zero-order valence-corrected chi connectivity index (χ0v) is 10.1. The first kappa shape index (κ1) is 12.5. The van der Waals surface area contributed by atoms with Crippen molar-refractivity contribution in [2.45, 2.75) is 58.5 Å². The van der Waals surface area contributed by atoms with Gasteiger partial charge in [-0.15, -0.1) is 0 Å². The van der Waals surface area contributed by atoms with Gasteiger partial charge in [0, 0.05) is 6.04 Å². The van der Waals surface area contributed by atoms with Crippen molar-refractivity contribution < 1.29 is 9.90 Å². The lowest BCUT2D eigenvalue weighted by molar-refractivity contribution is -0.143. The number of rotatable bonds is 7. The molecule has 1 fully saturated rings. The van der Waals surface area contributed by atoms with E-state index in [1.807, 2.05) is 6.92 Å². The van der Waals surface area contributed by atoms with Crippen LogP contribution in [0.3, 0.4) is 0 Å². The number of hydrogen-bond donors (Lipinski definition) is 1. The average molecular weight is 213 g/mol. The maximum atomic E-state index is 11.1. The quantitative estimate of drug-likeness (QED) is 0.705. The Labute approximate surface area is 92.5 Å². The molecule has 3 nitrogen and oxygen atoms in total. The minimum absolute atomic E-state index is 0.267. The van der Waals surface area contributed by atoms with Crippen molar-refractivity contribution in [3.05, 3.63) is 0 Å². The largest absolute Gasteiger partial charge is 0.480 e. The van der Waals surface area contributed by atoms with Gasteiger partial charge in [0.15, 0.2) is 0 Å². The predicted molar refractivity (Wildman–Crippen MR) is 60.9 cm³/mol. The summed E-state index contributed by atoms with van der Waals surface area (Å²) < 4.78 is 0. The van der Waals surface area contributed by atoms with E-state index in [1.54, 1.807) is 0 Å². The summed E-state index contributed by atoms with van der Waals surface area (Å²) in [6.45, 7) is 7.27. The molecule has 0 aromatic heterocycles. The third kappa shape index (κ3) is 3.82. The average Bonchev–Trinajstić information content (AvgIpc) is 2.94. The van der Waals surface area contributed by atoms with Crippen LogP contribution in [0.1, 0.15) is 46.5 Å². The van der Waals surface area contributed by atoms with Crippen LogP contribution in [0.4, 0.5) is 0 Å². The Morgan fingerprint density at radius 1 is 1.47 bits per heavy atom. The van der Waals surface area contributed by atoms with Crippen LogP contribution in [0.25, 0.3) is 0 Å². The number of carboxylic acid groups (broad SMARTS) is 1. The molecule has 0 heterocycles. The highest BCUT2D eigenvalue weighted by Crippen LogP contribution is 2.30. The van der Waals surface area contributed by atoms with E-state index in [9.17, 15) is 4.79 Å². The van der Waals surface area contributed by atoms with Crippen LogP contribution < -0.4 is 0 Å². The Morgan fingerprint density at radius 3 is 2.40 bits per heavy atom. The van der Waals surface area contributed by atoms with Gasteiger partial charge in [0.05, 0.1) is 0 Å². The van der Waals surface area contributed by atoms with Gasteiger partial charge in [-0.3, -0.25) is 9.69 Å². The third-order valence-electron chi connectivity index (χ3n) is 3.05. The van der Waals surface area contributed by atoms with Gasteiger partial charge >= 0.3 is 5.97 Å². The molecule has 88 valence electrons. The molecule has 0 amide bonds. The van der Waals surface area contributed by atoms with Gasteiger partial charge in [-0.05, 0) is 38.1 Å². The van der Waals surface area contributed by atoms with Gasteiger partial charge in [-0.2, -0.15) is 0 Å². The van der Waals surface area contributed by atoms with Gasteiger partial charge in [-0.1, -0.05) is 20.8 Å². The maximum Gasteiger partial charge on any atom is 0.320 e. The summed E-state index contributed by atoms with van der Waals surface area (Å²) in [5.41, 5.74) is 0. The van der Waals surface area contributed by atoms with Gasteiger partial charge in [0.25, 0.3) is 0 Å². The van der Waals surface area contributed by atoms with Crippen molar-refractivity contribution in [2.75, 3.05) is 6.54 Å². The maximum absolute atomic E-state index is 11.1. The van der Waals surface area contributed by atoms with Gasteiger partial charge in [0.2, 0.25) is 0 Å². The van der Waals surface area contributed by atoms with Crippen LogP contribution in [0.2, 0.25) is 0 Å². The van der Waals surface area contributed by atoms with Crippen LogP contribution in [0.5, 0.6) is 0 Å². The highest BCUT2D eigenvalue weighted by atomic mass is 16.4. The zero-order valence-electron chi connectivity index (χ0n) is 10.1. The second-order valence-corrected chi connectivity index (χ2v) is 4.91. The molecule has 1 rings (SSSR count). The molecule has 1 aliphatic carbocycles. The van der Waals surface area contributed by atoms with Crippen LogP contribution in [-0.4, -0.2) is 34.6 Å². The van der Waals surface area contributed by atoms with E-state index in [2.05, 4.69) is 18.7 Å². The fourth-order valence-electron chi connectivity index (χ4n) is 1.96. The smallest absolute Gasteiger partial charge is 0.320 e. The van der Waals surface area contributed by atoms with E-state index in [4.69, 9.17) is 5.11 Å². The molecule has 3 heteroatoms. The highest BCUT2D eigenvalue weighted by Gasteiger charge is 2.35. The minimum atomic E-state index is -0.659. The standard InChI is InChI=1S/C12H23NO2/c1-4-11(12(14)15)13(10-5-6-10)8-7-9(2)3/h9-11H,4-8H2,1-3H3,(H,14,15). The van der Waals surface area contributed by atoms with Gasteiger partial charge in [0.1, 0.15) is 6.04 Å². The van der Waals surface area contributed by atoms with Crippen molar-refractivity contribution in [3.8, 4) is 0 Å². The molecule has 0 radical (unpaired) electrons. The zero-order chi connectivity index (χ0) is 11.4. The predicted octanol–water partition coefficient (Wildman–Crippen LogP) is 2.36. The molecule has 1 aliphatic rings. The van der Waals surface area contributed by atoms with Crippen LogP contribution in [0, 0.1) is 5.92 Å². The monoisotopic (exact) mass is 213 g/mol. The highest BCUT2D eigenvalue weighted by molar-refractivity contribution is 5.73. The summed E-state index contributed by atoms with van der Waals surface area (Å²) in [6.07, 6.45) is 4.17. The molecule has 0 aliphatic heterocycles. The Morgan fingerprint density at radius 2 is 2.07 bits per heavy atom. The third-order valence-corrected chi connectivity index (χ3v) is 3.05. The topological polar surface area (TPSA) is 40.5 Å². The first-order valence-corrected chi connectivity index (χ1v) is 6.04. The molecule has 15 heavy (non-hydrogen) atoms. The summed E-state index contributed by atoms with van der Waals surface area (Å²) in [5, 5.41) is 9.14. The molecular formula is C12H23NO2. The molecule has 1 atom stereocenters. The van der Waals surface area contributed by atoms with Crippen molar-refractivity contribution in [1.29, 1.82) is 0 Å². The van der Waals surface area contributed by atoms with E-state index in [0.717, 1.165) is 13.0 Å². The SMILES string of the molecule is CCC(C(=O)O)N(CCC(C)C)C1CC1. The molecule has 0 spiro atoms. The first-order chi connectivity index (χ1) is 7.06. The van der Waals surface area contributed by atoms with Gasteiger partial charge < -0.3 is 5.11 Å². The van der Waals surface area contributed by atoms with E-state index >= 15 is 0 Å². The van der Waals surface area contributed by atoms with Crippen molar-refractivity contribution >= 4 is 5.97 Å². The summed E-state index contributed by atoms with van der Waals surface area (Å²) in [5.74, 6) is -0.00860. The summed E-state index contributed by atoms with van der Waals surface area (Å²) in [6, 6.07) is 0.279. The van der Waals surface area contributed by atoms with Crippen LogP contribution in [0.15, 0.2) is 0 Å². The van der Waals surface area contributed by atoms with E-state index in [-0.39, 0.29) is 6.04 Å². The number of hydrogen-bond acceptors (Lipinski definition) is 2. The molecule has 1 saturated carbocycles. The van der Waals surface area contributed by atoms with E-state index in [0.29, 0.717) is 18.4 Å². The van der Waals surface area contributed by atoms with Gasteiger partial charge in [-0.25, -0.2) is 0 Å². The molecule has 1 unspecified atom stereocenters. The number of carbonyl (C=O) groups is 1. The number of carboxylic acids is 1. The molecular weight excluding hydrogens is 190 g/mol. The van der Waals surface area contributed by atoms with E-state index in [1.165, 1.54) is 12.8 Å². The van der Waals surface area contributed by atoms with Crippen molar-refractivity contribution in [2.24, 2.45) is 5.92 Å². The Bertz CT molecular complexity index is 212. The summed E-state index contributed by atoms with van der Waals surface area (Å²) in [4.78, 5) is 13.3. The summed E-state index contributed by atoms with van der Waals surface area (Å²) in [7, 11) is 0. The van der Waals surface area contributed by atoms with Crippen LogP contribution in [-0.2, 0) is 4.79 Å². The van der Waals surface area contributed by atoms with E-state index < -0.39 is 5.97 Å². The first-order valence-electron chi connectivity index (χ1n) is 6.04. The number of aliphatic carboxylic acids is 1. The minimum Gasteiger partial charge on any atom is -0.480 e. The second kappa shape index (κ2) is 5.50. The molecule has 1 N–H and O–H groups in total.